The number of hydrogen-bond acceptors (Lipinski definition) is 1. The summed E-state index contributed by atoms with van der Waals surface area (Å²) in [6.45, 7) is 10.7. The lowest BCUT2D eigenvalue weighted by Crippen LogP contribution is -3.00. The first-order valence-corrected chi connectivity index (χ1v) is 5.57. The van der Waals surface area contributed by atoms with Crippen molar-refractivity contribution in [3.8, 4) is 0 Å². The van der Waals surface area contributed by atoms with Crippen molar-refractivity contribution in [3.05, 3.63) is 0 Å². The minimum atomic E-state index is 0. The van der Waals surface area contributed by atoms with Gasteiger partial charge in [0, 0.05) is 0 Å². The van der Waals surface area contributed by atoms with Crippen molar-refractivity contribution in [2.75, 3.05) is 19.6 Å². The van der Waals surface area contributed by atoms with Crippen LogP contribution >= 0.6 is 12.4 Å². The molecule has 0 heterocycles. The SMILES string of the molecule is CCCCN(CCC)CCCC.Cl.[Cl-].[H+]. The van der Waals surface area contributed by atoms with Crippen molar-refractivity contribution in [1.82, 2.24) is 4.90 Å². The molecule has 0 rings (SSSR count). The Labute approximate surface area is 104 Å². The summed E-state index contributed by atoms with van der Waals surface area (Å²) in [7, 11) is 0. The standard InChI is InChI=1S/C11H25N.2ClH/c1-4-7-10-12(9-6-3)11-8-5-2;;/h4-11H2,1-3H3;2*1H. The zero-order chi connectivity index (χ0) is 9.23. The largest absolute Gasteiger partial charge is 1.00 e. The molecular formula is C11H27Cl2N. The maximum atomic E-state index is 2.60. The Kier molecular flexibility index (Phi) is 22.9. The van der Waals surface area contributed by atoms with Crippen LogP contribution in [0.2, 0.25) is 0 Å². The van der Waals surface area contributed by atoms with Gasteiger partial charge in [0.2, 0.25) is 0 Å². The number of unbranched alkanes of at least 4 members (excludes halogenated alkanes) is 2. The molecule has 0 aromatic rings. The summed E-state index contributed by atoms with van der Waals surface area (Å²) < 4.78 is 0. The fourth-order valence-electron chi connectivity index (χ4n) is 1.42. The lowest BCUT2D eigenvalue weighted by Gasteiger charge is -2.20. The Morgan fingerprint density at radius 2 is 1.21 bits per heavy atom. The topological polar surface area (TPSA) is 3.24 Å². The molecule has 0 aliphatic rings. The number of rotatable bonds is 8. The second-order valence-electron chi connectivity index (χ2n) is 3.55. The van der Waals surface area contributed by atoms with Gasteiger partial charge in [-0.05, 0) is 38.9 Å². The minimum absolute atomic E-state index is 0. The molecule has 0 unspecified atom stereocenters. The highest BCUT2D eigenvalue weighted by atomic mass is 35.5. The Morgan fingerprint density at radius 3 is 1.50 bits per heavy atom. The third kappa shape index (κ3) is 12.5. The molecule has 0 amide bonds. The molecular weight excluding hydrogens is 217 g/mol. The fraction of sp³-hybridized carbons (Fsp3) is 1.00. The van der Waals surface area contributed by atoms with Gasteiger partial charge in [0.15, 0.2) is 0 Å². The van der Waals surface area contributed by atoms with Gasteiger partial charge in [0.1, 0.15) is 0 Å². The van der Waals surface area contributed by atoms with Crippen LogP contribution in [0.3, 0.4) is 0 Å². The Balaban J connectivity index is -0.000000202. The van der Waals surface area contributed by atoms with Crippen LogP contribution in [0.15, 0.2) is 0 Å². The predicted molar refractivity (Wildman–Crippen MR) is 64.9 cm³/mol. The molecule has 0 aliphatic heterocycles. The maximum absolute atomic E-state index is 2.60. The Morgan fingerprint density at radius 1 is 0.786 bits per heavy atom. The van der Waals surface area contributed by atoms with Crippen LogP contribution in [-0.2, 0) is 0 Å². The highest BCUT2D eigenvalue weighted by Crippen LogP contribution is 1.99. The van der Waals surface area contributed by atoms with E-state index in [1.165, 1.54) is 51.7 Å². The monoisotopic (exact) mass is 243 g/mol. The van der Waals surface area contributed by atoms with E-state index < -0.39 is 0 Å². The molecule has 0 spiro atoms. The first-order valence-electron chi connectivity index (χ1n) is 5.57. The van der Waals surface area contributed by atoms with E-state index in [9.17, 15) is 0 Å². The average Bonchev–Trinajstić information content (AvgIpc) is 2.10. The summed E-state index contributed by atoms with van der Waals surface area (Å²) in [5, 5.41) is 0. The van der Waals surface area contributed by atoms with Crippen molar-refractivity contribution in [3.63, 3.8) is 0 Å². The second-order valence-corrected chi connectivity index (χ2v) is 3.55. The van der Waals surface area contributed by atoms with E-state index in [1.54, 1.807) is 0 Å². The summed E-state index contributed by atoms with van der Waals surface area (Å²) in [6.07, 6.45) is 6.68. The molecule has 14 heavy (non-hydrogen) atoms. The van der Waals surface area contributed by atoms with Gasteiger partial charge in [-0.1, -0.05) is 33.6 Å². The summed E-state index contributed by atoms with van der Waals surface area (Å²) in [5.74, 6) is 0. The van der Waals surface area contributed by atoms with E-state index in [-0.39, 0.29) is 26.2 Å². The summed E-state index contributed by atoms with van der Waals surface area (Å²) in [4.78, 5) is 2.60. The van der Waals surface area contributed by atoms with Gasteiger partial charge in [-0.3, -0.25) is 0 Å². The maximum Gasteiger partial charge on any atom is 1.00 e. The summed E-state index contributed by atoms with van der Waals surface area (Å²) in [6, 6.07) is 0. The van der Waals surface area contributed by atoms with E-state index in [2.05, 4.69) is 25.7 Å². The molecule has 0 aromatic heterocycles. The van der Waals surface area contributed by atoms with Crippen LogP contribution < -0.4 is 12.4 Å². The summed E-state index contributed by atoms with van der Waals surface area (Å²) >= 11 is 0. The molecule has 3 heteroatoms. The van der Waals surface area contributed by atoms with E-state index in [0.29, 0.717) is 0 Å². The van der Waals surface area contributed by atoms with Crippen molar-refractivity contribution in [2.45, 2.75) is 52.9 Å². The zero-order valence-corrected chi connectivity index (χ0v) is 11.5. The van der Waals surface area contributed by atoms with Crippen LogP contribution in [0, 0.1) is 0 Å². The molecule has 0 fully saturated rings. The lowest BCUT2D eigenvalue weighted by atomic mass is 10.2. The van der Waals surface area contributed by atoms with Crippen LogP contribution in [-0.4, -0.2) is 24.5 Å². The average molecular weight is 244 g/mol. The van der Waals surface area contributed by atoms with Gasteiger partial charge in [-0.15, -0.1) is 12.4 Å². The molecule has 0 aliphatic carbocycles. The van der Waals surface area contributed by atoms with E-state index in [0.717, 1.165) is 0 Å². The molecule has 0 bridgehead atoms. The molecule has 0 aromatic carbocycles. The third-order valence-corrected chi connectivity index (χ3v) is 2.20. The third-order valence-electron chi connectivity index (χ3n) is 2.20. The molecule has 0 radical (unpaired) electrons. The Hall–Kier alpha value is 0.540. The van der Waals surface area contributed by atoms with Crippen LogP contribution in [0.5, 0.6) is 0 Å². The molecule has 1 nitrogen and oxygen atoms in total. The van der Waals surface area contributed by atoms with Crippen LogP contribution in [0.1, 0.15) is 54.3 Å². The Bertz CT molecular complexity index is 86.7. The van der Waals surface area contributed by atoms with E-state index in [1.807, 2.05) is 0 Å². The number of halogens is 2. The summed E-state index contributed by atoms with van der Waals surface area (Å²) in [5.41, 5.74) is 0. The van der Waals surface area contributed by atoms with E-state index in [4.69, 9.17) is 0 Å². The number of nitrogens with zero attached hydrogens (tertiary/aromatic N) is 1. The van der Waals surface area contributed by atoms with E-state index >= 15 is 0 Å². The second kappa shape index (κ2) is 16.0. The van der Waals surface area contributed by atoms with Crippen molar-refractivity contribution in [1.29, 1.82) is 0 Å². The predicted octanol–water partition coefficient (Wildman–Crippen LogP) is 0.837. The van der Waals surface area contributed by atoms with Gasteiger partial charge in [0.25, 0.3) is 0 Å². The highest BCUT2D eigenvalue weighted by Gasteiger charge is 2.00. The molecule has 0 N–H and O–H groups in total. The van der Waals surface area contributed by atoms with Gasteiger partial charge >= 0.3 is 1.43 Å². The van der Waals surface area contributed by atoms with Crippen molar-refractivity contribution >= 4 is 12.4 Å². The zero-order valence-electron chi connectivity index (χ0n) is 10.9. The fourth-order valence-corrected chi connectivity index (χ4v) is 1.42. The van der Waals surface area contributed by atoms with Gasteiger partial charge in [-0.2, -0.15) is 0 Å². The first-order chi connectivity index (χ1) is 5.85. The van der Waals surface area contributed by atoms with Gasteiger partial charge in [0.05, 0.1) is 0 Å². The normalized spacial score (nSPS) is 9.43. The molecule has 0 atom stereocenters. The highest BCUT2D eigenvalue weighted by molar-refractivity contribution is 5.85. The van der Waals surface area contributed by atoms with Crippen molar-refractivity contribution in [2.24, 2.45) is 0 Å². The van der Waals surface area contributed by atoms with Crippen molar-refractivity contribution < 1.29 is 13.8 Å². The van der Waals surface area contributed by atoms with Crippen LogP contribution in [0.25, 0.3) is 0 Å². The smallest absolute Gasteiger partial charge is 1.00 e. The lowest BCUT2D eigenvalue weighted by molar-refractivity contribution is -0.00000300. The van der Waals surface area contributed by atoms with Crippen LogP contribution in [0.4, 0.5) is 0 Å². The number of hydrogen-bond donors (Lipinski definition) is 0. The molecule has 0 saturated carbocycles. The van der Waals surface area contributed by atoms with Gasteiger partial charge in [-0.25, -0.2) is 0 Å². The molecule has 90 valence electrons. The quantitative estimate of drug-likeness (QED) is 0.611. The first kappa shape index (κ1) is 20.0. The van der Waals surface area contributed by atoms with Gasteiger partial charge < -0.3 is 17.3 Å². The molecule has 0 saturated heterocycles. The minimum Gasteiger partial charge on any atom is -1.00 e.